The third-order valence-corrected chi connectivity index (χ3v) is 6.43. The molecule has 1 heterocycles. The molecule has 1 unspecified atom stereocenters. The van der Waals surface area contributed by atoms with Crippen LogP contribution in [0.25, 0.3) is 0 Å². The molecule has 174 valence electrons. The van der Waals surface area contributed by atoms with Crippen molar-refractivity contribution in [1.29, 1.82) is 0 Å². The van der Waals surface area contributed by atoms with Crippen LogP contribution < -0.4 is 9.75 Å². The lowest BCUT2D eigenvalue weighted by Gasteiger charge is -2.14. The molecule has 0 N–H and O–H groups in total. The van der Waals surface area contributed by atoms with Gasteiger partial charge in [-0.3, -0.25) is 4.79 Å². The van der Waals surface area contributed by atoms with Crippen molar-refractivity contribution in [3.05, 3.63) is 24.3 Å². The van der Waals surface area contributed by atoms with Gasteiger partial charge in [0.2, 0.25) is 0 Å². The van der Waals surface area contributed by atoms with Crippen molar-refractivity contribution in [2.24, 2.45) is 11.0 Å². The highest BCUT2D eigenvalue weighted by Gasteiger charge is 2.33. The Balaban J connectivity index is 1.51. The Kier molecular flexibility index (Phi) is 12.3. The minimum absolute atomic E-state index is 0.0561. The van der Waals surface area contributed by atoms with Crippen molar-refractivity contribution < 1.29 is 9.53 Å². The molecule has 0 fully saturated rings. The highest BCUT2D eigenvalue weighted by Crippen LogP contribution is 2.28. The molecule has 1 amide bonds. The fraction of sp³-hybridized carbons (Fsp3) is 0.704. The summed E-state index contributed by atoms with van der Waals surface area (Å²) in [6.45, 7) is 4.26. The lowest BCUT2D eigenvalue weighted by molar-refractivity contribution is -0.119. The summed E-state index contributed by atoms with van der Waals surface area (Å²) in [5.41, 5.74) is 1.75. The number of benzene rings is 1. The third-order valence-electron chi connectivity index (χ3n) is 6.43. The second-order valence-corrected chi connectivity index (χ2v) is 9.03. The van der Waals surface area contributed by atoms with Crippen LogP contribution in [0.2, 0.25) is 0 Å². The van der Waals surface area contributed by atoms with Crippen LogP contribution >= 0.6 is 0 Å². The quantitative estimate of drug-likeness (QED) is 0.237. The van der Waals surface area contributed by atoms with E-state index in [1.54, 1.807) is 12.1 Å². The van der Waals surface area contributed by atoms with E-state index in [0.717, 1.165) is 30.0 Å². The molecule has 0 saturated carbocycles. The molecule has 31 heavy (non-hydrogen) atoms. The van der Waals surface area contributed by atoms with Crippen LogP contribution in [0.1, 0.15) is 110 Å². The number of methoxy groups -OCH3 is 1. The van der Waals surface area contributed by atoms with Gasteiger partial charge in [-0.1, -0.05) is 96.8 Å². The molecule has 0 bridgehead atoms. The molecular weight excluding hydrogens is 384 g/mol. The molecule has 1 aromatic rings. The summed E-state index contributed by atoms with van der Waals surface area (Å²) in [6, 6.07) is 7.52. The van der Waals surface area contributed by atoms with E-state index < -0.39 is 0 Å². The zero-order chi connectivity index (χ0) is 22.3. The second kappa shape index (κ2) is 15.0. The Bertz CT molecular complexity index is 654. The highest BCUT2D eigenvalue weighted by atomic mass is 16.5. The number of hydrogen-bond acceptors (Lipinski definition) is 3. The molecule has 0 saturated heterocycles. The lowest BCUT2D eigenvalue weighted by Crippen LogP contribution is -2.27. The number of rotatable bonds is 17. The Morgan fingerprint density at radius 1 is 0.806 bits per heavy atom. The van der Waals surface area contributed by atoms with E-state index in [4.69, 9.17) is 4.74 Å². The van der Waals surface area contributed by atoms with Crippen LogP contribution in [0.4, 0.5) is 5.69 Å². The standard InChI is InChI=1S/C27H44N2O2/c1-4-5-6-7-8-9-10-11-12-13-14-15-16-17-18-26-23(2)28-29(27(26)30)24-19-21-25(31-3)22-20-24/h19-22,26H,4-18H2,1-3H3. The van der Waals surface area contributed by atoms with Gasteiger partial charge >= 0.3 is 0 Å². The summed E-state index contributed by atoms with van der Waals surface area (Å²) >= 11 is 0. The maximum absolute atomic E-state index is 12.8. The van der Waals surface area contributed by atoms with Crippen LogP contribution in [-0.4, -0.2) is 18.7 Å². The monoisotopic (exact) mass is 428 g/mol. The van der Waals surface area contributed by atoms with Gasteiger partial charge in [0.1, 0.15) is 5.75 Å². The van der Waals surface area contributed by atoms with E-state index in [9.17, 15) is 4.79 Å². The normalized spacial score (nSPS) is 16.1. The zero-order valence-corrected chi connectivity index (χ0v) is 20.2. The fourth-order valence-electron chi connectivity index (χ4n) is 4.39. The van der Waals surface area contributed by atoms with E-state index in [1.165, 1.54) is 83.5 Å². The smallest absolute Gasteiger partial charge is 0.256 e. The molecule has 1 aromatic carbocycles. The number of hydrogen-bond donors (Lipinski definition) is 0. The largest absolute Gasteiger partial charge is 0.497 e. The van der Waals surface area contributed by atoms with Gasteiger partial charge in [0.25, 0.3) is 5.91 Å². The first-order chi connectivity index (χ1) is 15.2. The molecule has 0 aliphatic carbocycles. The lowest BCUT2D eigenvalue weighted by atomic mass is 9.96. The minimum atomic E-state index is -0.0561. The number of hydrazone groups is 1. The molecule has 0 radical (unpaired) electrons. The van der Waals surface area contributed by atoms with Crippen molar-refractivity contribution >= 4 is 17.3 Å². The molecular formula is C27H44N2O2. The molecule has 1 aliphatic rings. The number of amides is 1. The topological polar surface area (TPSA) is 41.9 Å². The zero-order valence-electron chi connectivity index (χ0n) is 20.2. The summed E-state index contributed by atoms with van der Waals surface area (Å²) in [5.74, 6) is 0.840. The summed E-state index contributed by atoms with van der Waals surface area (Å²) < 4.78 is 5.20. The van der Waals surface area contributed by atoms with Gasteiger partial charge < -0.3 is 4.74 Å². The van der Waals surface area contributed by atoms with E-state index in [0.29, 0.717) is 0 Å². The van der Waals surface area contributed by atoms with Gasteiger partial charge in [-0.2, -0.15) is 5.10 Å². The van der Waals surface area contributed by atoms with Gasteiger partial charge in [-0.05, 0) is 37.6 Å². The maximum Gasteiger partial charge on any atom is 0.256 e. The van der Waals surface area contributed by atoms with E-state index in [1.807, 2.05) is 31.2 Å². The SMILES string of the molecule is CCCCCCCCCCCCCCCCC1C(=O)N(c2ccc(OC)cc2)N=C1C. The van der Waals surface area contributed by atoms with Gasteiger partial charge in [0.05, 0.1) is 18.7 Å². The first-order valence-corrected chi connectivity index (χ1v) is 12.7. The van der Waals surface area contributed by atoms with Gasteiger partial charge in [0, 0.05) is 5.71 Å². The second-order valence-electron chi connectivity index (χ2n) is 9.03. The number of ether oxygens (including phenoxy) is 1. The summed E-state index contributed by atoms with van der Waals surface area (Å²) in [5, 5.41) is 6.08. The summed E-state index contributed by atoms with van der Waals surface area (Å²) in [4.78, 5) is 12.8. The van der Waals surface area contributed by atoms with Crippen LogP contribution in [-0.2, 0) is 4.79 Å². The summed E-state index contributed by atoms with van der Waals surface area (Å²) in [7, 11) is 1.64. The van der Waals surface area contributed by atoms with Crippen LogP contribution in [0.15, 0.2) is 29.4 Å². The van der Waals surface area contributed by atoms with Gasteiger partial charge in [-0.15, -0.1) is 0 Å². The maximum atomic E-state index is 12.8. The third kappa shape index (κ3) is 9.04. The first kappa shape index (κ1) is 25.4. The molecule has 4 heteroatoms. The molecule has 0 aromatic heterocycles. The highest BCUT2D eigenvalue weighted by molar-refractivity contribution is 6.14. The number of carbonyl (C=O) groups is 1. The molecule has 1 aliphatic heterocycles. The van der Waals surface area contributed by atoms with Crippen molar-refractivity contribution in [2.45, 2.75) is 110 Å². The van der Waals surface area contributed by atoms with E-state index in [2.05, 4.69) is 12.0 Å². The van der Waals surface area contributed by atoms with Crippen molar-refractivity contribution in [2.75, 3.05) is 12.1 Å². The average molecular weight is 429 g/mol. The number of nitrogens with zero attached hydrogens (tertiary/aromatic N) is 2. The first-order valence-electron chi connectivity index (χ1n) is 12.7. The molecule has 4 nitrogen and oxygen atoms in total. The molecule has 2 rings (SSSR count). The Morgan fingerprint density at radius 2 is 1.29 bits per heavy atom. The Labute approximate surface area is 190 Å². The van der Waals surface area contributed by atoms with E-state index in [-0.39, 0.29) is 11.8 Å². The molecule has 1 atom stereocenters. The number of unbranched alkanes of at least 4 members (excludes halogenated alkanes) is 13. The van der Waals surface area contributed by atoms with Crippen LogP contribution in [0, 0.1) is 5.92 Å². The number of anilines is 1. The molecule has 0 spiro atoms. The average Bonchev–Trinajstić information content (AvgIpc) is 3.07. The fourth-order valence-corrected chi connectivity index (χ4v) is 4.39. The number of carbonyl (C=O) groups excluding carboxylic acids is 1. The Hall–Kier alpha value is -1.84. The van der Waals surface area contributed by atoms with Crippen LogP contribution in [0.5, 0.6) is 5.75 Å². The predicted molar refractivity (Wildman–Crippen MR) is 132 cm³/mol. The van der Waals surface area contributed by atoms with Gasteiger partial charge in [0.15, 0.2) is 0 Å². The Morgan fingerprint density at radius 3 is 1.77 bits per heavy atom. The van der Waals surface area contributed by atoms with E-state index >= 15 is 0 Å². The predicted octanol–water partition coefficient (Wildman–Crippen LogP) is 7.91. The van der Waals surface area contributed by atoms with Crippen LogP contribution in [0.3, 0.4) is 0 Å². The minimum Gasteiger partial charge on any atom is -0.497 e. The van der Waals surface area contributed by atoms with Crippen molar-refractivity contribution in [3.63, 3.8) is 0 Å². The van der Waals surface area contributed by atoms with Crippen molar-refractivity contribution in [1.82, 2.24) is 0 Å². The summed E-state index contributed by atoms with van der Waals surface area (Å²) in [6.07, 6.45) is 19.9. The van der Waals surface area contributed by atoms with Gasteiger partial charge in [-0.25, -0.2) is 5.01 Å². The van der Waals surface area contributed by atoms with Crippen molar-refractivity contribution in [3.8, 4) is 5.75 Å².